The van der Waals surface area contributed by atoms with E-state index in [1.54, 1.807) is 17.6 Å². The van der Waals surface area contributed by atoms with Gasteiger partial charge in [-0.05, 0) is 40.3 Å². The van der Waals surface area contributed by atoms with Gasteiger partial charge in [0.2, 0.25) is 5.91 Å². The van der Waals surface area contributed by atoms with Gasteiger partial charge in [-0.3, -0.25) is 4.79 Å². The smallest absolute Gasteiger partial charge is 0.244 e. The van der Waals surface area contributed by atoms with Crippen molar-refractivity contribution in [2.24, 2.45) is 5.10 Å². The third-order valence-electron chi connectivity index (χ3n) is 3.50. The molecule has 3 aromatic rings. The van der Waals surface area contributed by atoms with Crippen molar-refractivity contribution < 1.29 is 4.79 Å². The molecule has 0 fully saturated rings. The van der Waals surface area contributed by atoms with Crippen molar-refractivity contribution in [3.63, 3.8) is 0 Å². The molecule has 3 rings (SSSR count). The van der Waals surface area contributed by atoms with Crippen LogP contribution in [0.5, 0.6) is 0 Å². The number of hydrogen-bond donors (Lipinski definition) is 1. The monoisotopic (exact) mass is 308 g/mol. The Morgan fingerprint density at radius 3 is 2.82 bits per heavy atom. The fourth-order valence-electron chi connectivity index (χ4n) is 2.34. The van der Waals surface area contributed by atoms with E-state index in [9.17, 15) is 4.79 Å². The van der Waals surface area contributed by atoms with Crippen molar-refractivity contribution in [2.45, 2.75) is 13.3 Å². The molecule has 4 heteroatoms. The normalized spacial score (nSPS) is 11.1. The largest absolute Gasteiger partial charge is 0.273 e. The van der Waals surface area contributed by atoms with Crippen LogP contribution in [-0.2, 0) is 11.2 Å². The molecular weight excluding hydrogens is 292 g/mol. The molecule has 0 saturated carbocycles. The number of carbonyl (C=O) groups is 1. The molecule has 3 nitrogen and oxygen atoms in total. The Kier molecular flexibility index (Phi) is 4.30. The summed E-state index contributed by atoms with van der Waals surface area (Å²) in [5.41, 5.74) is 4.77. The van der Waals surface area contributed by atoms with E-state index in [-0.39, 0.29) is 5.91 Å². The van der Waals surface area contributed by atoms with Gasteiger partial charge in [0.05, 0.1) is 12.6 Å². The number of thiophene rings is 1. The summed E-state index contributed by atoms with van der Waals surface area (Å²) in [4.78, 5) is 13.1. The second-order valence-corrected chi connectivity index (χ2v) is 6.02. The Labute approximate surface area is 133 Å². The quantitative estimate of drug-likeness (QED) is 0.576. The number of aryl methyl sites for hydroxylation is 1. The lowest BCUT2D eigenvalue weighted by Crippen LogP contribution is -2.19. The Morgan fingerprint density at radius 1 is 1.18 bits per heavy atom. The van der Waals surface area contributed by atoms with Gasteiger partial charge in [-0.15, -0.1) is 11.3 Å². The van der Waals surface area contributed by atoms with Crippen molar-refractivity contribution in [1.82, 2.24) is 5.43 Å². The molecule has 0 bridgehead atoms. The van der Waals surface area contributed by atoms with Gasteiger partial charge < -0.3 is 0 Å². The summed E-state index contributed by atoms with van der Waals surface area (Å²) in [6, 6.07) is 16.1. The van der Waals surface area contributed by atoms with Gasteiger partial charge in [0.15, 0.2) is 0 Å². The summed E-state index contributed by atoms with van der Waals surface area (Å²) < 4.78 is 0. The fraction of sp³-hybridized carbons (Fsp3) is 0.111. The van der Waals surface area contributed by atoms with Crippen molar-refractivity contribution in [3.05, 3.63) is 69.9 Å². The third-order valence-corrected chi connectivity index (χ3v) is 4.46. The molecule has 0 radical (unpaired) electrons. The van der Waals surface area contributed by atoms with Crippen LogP contribution in [0.25, 0.3) is 10.8 Å². The number of hydrazone groups is 1. The van der Waals surface area contributed by atoms with E-state index < -0.39 is 0 Å². The lowest BCUT2D eigenvalue weighted by atomic mass is 10.0. The minimum Gasteiger partial charge on any atom is -0.273 e. The number of hydrogen-bond acceptors (Lipinski definition) is 3. The van der Waals surface area contributed by atoms with E-state index in [1.807, 2.05) is 48.7 Å². The van der Waals surface area contributed by atoms with Crippen LogP contribution >= 0.6 is 11.3 Å². The summed E-state index contributed by atoms with van der Waals surface area (Å²) in [6.07, 6.45) is 2.02. The average Bonchev–Trinajstić information content (AvgIpc) is 2.93. The van der Waals surface area contributed by atoms with Gasteiger partial charge >= 0.3 is 0 Å². The summed E-state index contributed by atoms with van der Waals surface area (Å²) in [5.74, 6) is -0.109. The molecule has 1 heterocycles. The van der Waals surface area contributed by atoms with E-state index in [0.29, 0.717) is 6.42 Å². The lowest BCUT2D eigenvalue weighted by Gasteiger charge is -2.05. The molecule has 0 unspecified atom stereocenters. The standard InChI is InChI=1S/C18H16N2OS/c1-13-9-10-22-17(13)12-19-20-18(21)11-15-7-4-6-14-5-2-3-8-16(14)15/h2-10,12H,11H2,1H3,(H,20,21). The zero-order valence-corrected chi connectivity index (χ0v) is 13.1. The summed E-state index contributed by atoms with van der Waals surface area (Å²) in [5, 5.41) is 8.30. The Balaban J connectivity index is 1.69. The highest BCUT2D eigenvalue weighted by molar-refractivity contribution is 7.11. The molecule has 0 spiro atoms. The average molecular weight is 308 g/mol. The van der Waals surface area contributed by atoms with Gasteiger partial charge in [0.25, 0.3) is 0 Å². The third kappa shape index (κ3) is 3.23. The van der Waals surface area contributed by atoms with E-state index in [2.05, 4.69) is 22.7 Å². The molecule has 110 valence electrons. The highest BCUT2D eigenvalue weighted by Gasteiger charge is 2.06. The number of nitrogens with one attached hydrogen (secondary N) is 1. The predicted molar refractivity (Wildman–Crippen MR) is 92.4 cm³/mol. The summed E-state index contributed by atoms with van der Waals surface area (Å²) in [7, 11) is 0. The van der Waals surface area contributed by atoms with Gasteiger partial charge in [-0.1, -0.05) is 42.5 Å². The molecule has 2 aromatic carbocycles. The fourth-order valence-corrected chi connectivity index (χ4v) is 3.13. The summed E-state index contributed by atoms with van der Waals surface area (Å²) in [6.45, 7) is 2.02. The number of benzene rings is 2. The zero-order valence-electron chi connectivity index (χ0n) is 12.2. The second-order valence-electron chi connectivity index (χ2n) is 5.08. The van der Waals surface area contributed by atoms with Crippen molar-refractivity contribution in [3.8, 4) is 0 Å². The highest BCUT2D eigenvalue weighted by Crippen LogP contribution is 2.18. The van der Waals surface area contributed by atoms with Gasteiger partial charge in [-0.2, -0.15) is 5.10 Å². The van der Waals surface area contributed by atoms with E-state index in [4.69, 9.17) is 0 Å². The molecule has 1 amide bonds. The number of nitrogens with zero attached hydrogens (tertiary/aromatic N) is 1. The maximum Gasteiger partial charge on any atom is 0.244 e. The van der Waals surface area contributed by atoms with E-state index >= 15 is 0 Å². The van der Waals surface area contributed by atoms with Crippen molar-refractivity contribution >= 4 is 34.2 Å². The molecular formula is C18H16N2OS. The van der Waals surface area contributed by atoms with Crippen LogP contribution in [-0.4, -0.2) is 12.1 Å². The molecule has 0 aliphatic carbocycles. The van der Waals surface area contributed by atoms with Crippen molar-refractivity contribution in [1.29, 1.82) is 0 Å². The first-order valence-electron chi connectivity index (χ1n) is 7.06. The number of rotatable bonds is 4. The second kappa shape index (κ2) is 6.54. The Bertz CT molecular complexity index is 830. The molecule has 1 aromatic heterocycles. The molecule has 0 atom stereocenters. The maximum atomic E-state index is 12.0. The van der Waals surface area contributed by atoms with Gasteiger partial charge in [0, 0.05) is 4.88 Å². The maximum absolute atomic E-state index is 12.0. The van der Waals surface area contributed by atoms with Crippen LogP contribution in [0.4, 0.5) is 0 Å². The first-order valence-corrected chi connectivity index (χ1v) is 7.94. The zero-order chi connectivity index (χ0) is 15.4. The first kappa shape index (κ1) is 14.5. The van der Waals surface area contributed by atoms with E-state index in [0.717, 1.165) is 26.8 Å². The van der Waals surface area contributed by atoms with Crippen LogP contribution in [0.1, 0.15) is 16.0 Å². The minimum atomic E-state index is -0.109. The topological polar surface area (TPSA) is 41.5 Å². The van der Waals surface area contributed by atoms with Gasteiger partial charge in [-0.25, -0.2) is 5.43 Å². The number of carbonyl (C=O) groups excluding carboxylic acids is 1. The van der Waals surface area contributed by atoms with Crippen LogP contribution in [0.3, 0.4) is 0 Å². The van der Waals surface area contributed by atoms with Crippen molar-refractivity contribution in [2.75, 3.05) is 0 Å². The SMILES string of the molecule is Cc1ccsc1C=NNC(=O)Cc1cccc2ccccc12. The molecule has 0 saturated heterocycles. The highest BCUT2D eigenvalue weighted by atomic mass is 32.1. The molecule has 22 heavy (non-hydrogen) atoms. The molecule has 0 aliphatic rings. The number of amides is 1. The molecule has 0 aliphatic heterocycles. The minimum absolute atomic E-state index is 0.109. The van der Waals surface area contributed by atoms with Crippen LogP contribution in [0.15, 0.2) is 59.0 Å². The number of fused-ring (bicyclic) bond motifs is 1. The van der Waals surface area contributed by atoms with Gasteiger partial charge in [0.1, 0.15) is 0 Å². The van der Waals surface area contributed by atoms with E-state index in [1.165, 1.54) is 0 Å². The predicted octanol–water partition coefficient (Wildman–Crippen LogP) is 3.90. The summed E-state index contributed by atoms with van der Waals surface area (Å²) >= 11 is 1.61. The Hall–Kier alpha value is -2.46. The molecule has 1 N–H and O–H groups in total. The first-order chi connectivity index (χ1) is 10.7. The Morgan fingerprint density at radius 2 is 2.00 bits per heavy atom. The van der Waals surface area contributed by atoms with Crippen LogP contribution in [0, 0.1) is 6.92 Å². The lowest BCUT2D eigenvalue weighted by molar-refractivity contribution is -0.120. The van der Waals surface area contributed by atoms with Crippen LogP contribution in [0.2, 0.25) is 0 Å². The van der Waals surface area contributed by atoms with Crippen LogP contribution < -0.4 is 5.43 Å².